The molecule has 0 saturated heterocycles. The van der Waals surface area contributed by atoms with E-state index in [0.29, 0.717) is 35.2 Å². The minimum atomic E-state index is -0.409. The summed E-state index contributed by atoms with van der Waals surface area (Å²) >= 11 is 0. The molecule has 0 radical (unpaired) electrons. The van der Waals surface area contributed by atoms with E-state index < -0.39 is 5.97 Å². The van der Waals surface area contributed by atoms with Crippen molar-refractivity contribution in [2.45, 2.75) is 6.92 Å². The van der Waals surface area contributed by atoms with Gasteiger partial charge in [-0.15, -0.1) is 0 Å². The number of hydrogen-bond acceptors (Lipinski definition) is 6. The normalized spacial score (nSPS) is 14.2. The molecule has 1 aliphatic heterocycles. The second-order valence-electron chi connectivity index (χ2n) is 7.35. The van der Waals surface area contributed by atoms with E-state index in [1.165, 1.54) is 4.90 Å². The molecule has 0 fully saturated rings. The summed E-state index contributed by atoms with van der Waals surface area (Å²) in [5.41, 5.74) is 2.83. The van der Waals surface area contributed by atoms with Gasteiger partial charge in [0.25, 0.3) is 5.91 Å². The van der Waals surface area contributed by atoms with E-state index in [0.717, 1.165) is 11.1 Å². The molecule has 0 unspecified atom stereocenters. The van der Waals surface area contributed by atoms with Crippen LogP contribution in [-0.4, -0.2) is 38.5 Å². The average Bonchev–Trinajstić information content (AvgIpc) is 3.20. The van der Waals surface area contributed by atoms with E-state index in [9.17, 15) is 9.59 Å². The number of esters is 1. The molecule has 7 heteroatoms. The van der Waals surface area contributed by atoms with Crippen molar-refractivity contribution in [1.82, 2.24) is 0 Å². The maximum Gasteiger partial charge on any atom is 0.338 e. The minimum Gasteiger partial charge on any atom is -0.493 e. The average molecular weight is 456 g/mol. The van der Waals surface area contributed by atoms with Crippen LogP contribution in [0.5, 0.6) is 11.5 Å². The van der Waals surface area contributed by atoms with Gasteiger partial charge in [0.1, 0.15) is 11.5 Å². The lowest BCUT2D eigenvalue weighted by molar-refractivity contribution is -0.113. The zero-order chi connectivity index (χ0) is 24.1. The van der Waals surface area contributed by atoms with Crippen molar-refractivity contribution in [3.05, 3.63) is 95.2 Å². The molecule has 1 aliphatic rings. The van der Waals surface area contributed by atoms with Gasteiger partial charge in [0, 0.05) is 5.56 Å². The van der Waals surface area contributed by atoms with Gasteiger partial charge < -0.3 is 14.2 Å². The van der Waals surface area contributed by atoms with Gasteiger partial charge in [0.15, 0.2) is 11.5 Å². The number of amidine groups is 1. The summed E-state index contributed by atoms with van der Waals surface area (Å²) in [6.07, 6.45) is 1.71. The number of carbonyl (C=O) groups excluding carboxylic acids is 2. The summed E-state index contributed by atoms with van der Waals surface area (Å²) in [5.74, 6) is 0.965. The van der Waals surface area contributed by atoms with Crippen molar-refractivity contribution in [2.75, 3.05) is 25.7 Å². The molecule has 0 aliphatic carbocycles. The highest BCUT2D eigenvalue weighted by atomic mass is 16.5. The van der Waals surface area contributed by atoms with E-state index in [1.807, 2.05) is 36.4 Å². The number of anilines is 1. The van der Waals surface area contributed by atoms with Crippen LogP contribution < -0.4 is 14.4 Å². The smallest absolute Gasteiger partial charge is 0.338 e. The molecule has 0 bridgehead atoms. The summed E-state index contributed by atoms with van der Waals surface area (Å²) < 4.78 is 15.7. The van der Waals surface area contributed by atoms with E-state index in [-0.39, 0.29) is 11.6 Å². The molecule has 0 aromatic heterocycles. The third kappa shape index (κ3) is 4.54. The Morgan fingerprint density at radius 1 is 0.941 bits per heavy atom. The number of benzene rings is 3. The zero-order valence-electron chi connectivity index (χ0n) is 19.1. The van der Waals surface area contributed by atoms with E-state index in [2.05, 4.69) is 4.99 Å². The van der Waals surface area contributed by atoms with Gasteiger partial charge in [-0.2, -0.15) is 0 Å². The van der Waals surface area contributed by atoms with Crippen molar-refractivity contribution >= 4 is 29.5 Å². The Morgan fingerprint density at radius 3 is 2.29 bits per heavy atom. The monoisotopic (exact) mass is 456 g/mol. The molecule has 0 atom stereocenters. The highest BCUT2D eigenvalue weighted by molar-refractivity contribution is 6.33. The van der Waals surface area contributed by atoms with Crippen LogP contribution in [0.25, 0.3) is 6.08 Å². The van der Waals surface area contributed by atoms with Crippen LogP contribution in [0.4, 0.5) is 5.69 Å². The van der Waals surface area contributed by atoms with Crippen molar-refractivity contribution in [3.63, 3.8) is 0 Å². The Labute approximate surface area is 197 Å². The SMILES string of the molecule is CCOC(=O)c1ccc(N2C(=O)/C(=C/c3ccc(OC)c(OC)c3)N=C2c2ccccc2)cc1. The Kier molecular flexibility index (Phi) is 6.73. The van der Waals surface area contributed by atoms with Gasteiger partial charge in [0.2, 0.25) is 0 Å². The molecular formula is C27H24N2O5. The maximum atomic E-state index is 13.5. The molecule has 0 N–H and O–H groups in total. The first kappa shape index (κ1) is 22.8. The standard InChI is InChI=1S/C27H24N2O5/c1-4-34-27(31)20-11-13-21(14-12-20)29-25(19-8-6-5-7-9-19)28-22(26(29)30)16-18-10-15-23(32-2)24(17-18)33-3/h5-17H,4H2,1-3H3/b22-16-. The third-order valence-electron chi connectivity index (χ3n) is 5.24. The van der Waals surface area contributed by atoms with Crippen LogP contribution >= 0.6 is 0 Å². The molecule has 7 nitrogen and oxygen atoms in total. The van der Waals surface area contributed by atoms with Crippen molar-refractivity contribution in [1.29, 1.82) is 0 Å². The minimum absolute atomic E-state index is 0.278. The predicted octanol–water partition coefficient (Wildman–Crippen LogP) is 4.72. The Morgan fingerprint density at radius 2 is 1.65 bits per heavy atom. The van der Waals surface area contributed by atoms with Gasteiger partial charge in [0.05, 0.1) is 32.1 Å². The highest BCUT2D eigenvalue weighted by Crippen LogP contribution is 2.31. The lowest BCUT2D eigenvalue weighted by Gasteiger charge is -2.18. The lowest BCUT2D eigenvalue weighted by atomic mass is 10.1. The zero-order valence-corrected chi connectivity index (χ0v) is 19.1. The Balaban J connectivity index is 1.74. The second kappa shape index (κ2) is 10.0. The third-order valence-corrected chi connectivity index (χ3v) is 5.24. The number of nitrogens with zero attached hydrogens (tertiary/aromatic N) is 2. The predicted molar refractivity (Wildman–Crippen MR) is 130 cm³/mol. The number of aliphatic imine (C=N–C) groups is 1. The van der Waals surface area contributed by atoms with Crippen LogP contribution in [0.3, 0.4) is 0 Å². The van der Waals surface area contributed by atoms with E-state index >= 15 is 0 Å². The van der Waals surface area contributed by atoms with Gasteiger partial charge in [-0.05, 0) is 55.0 Å². The summed E-state index contributed by atoms with van der Waals surface area (Å²) in [7, 11) is 3.13. The van der Waals surface area contributed by atoms with Crippen LogP contribution in [0.2, 0.25) is 0 Å². The first-order chi connectivity index (χ1) is 16.5. The first-order valence-corrected chi connectivity index (χ1v) is 10.7. The fourth-order valence-corrected chi connectivity index (χ4v) is 3.60. The number of rotatable bonds is 7. The number of carbonyl (C=O) groups is 2. The molecule has 34 heavy (non-hydrogen) atoms. The first-order valence-electron chi connectivity index (χ1n) is 10.7. The lowest BCUT2D eigenvalue weighted by Crippen LogP contribution is -2.32. The molecule has 172 valence electrons. The summed E-state index contributed by atoms with van der Waals surface area (Å²) in [5, 5.41) is 0. The fourth-order valence-electron chi connectivity index (χ4n) is 3.60. The maximum absolute atomic E-state index is 13.5. The second-order valence-corrected chi connectivity index (χ2v) is 7.35. The summed E-state index contributed by atoms with van der Waals surface area (Å²) in [4.78, 5) is 31.7. The van der Waals surface area contributed by atoms with E-state index in [1.54, 1.807) is 63.6 Å². The van der Waals surface area contributed by atoms with Gasteiger partial charge >= 0.3 is 5.97 Å². The fraction of sp³-hybridized carbons (Fsp3) is 0.148. The van der Waals surface area contributed by atoms with Crippen molar-refractivity contribution in [3.8, 4) is 11.5 Å². The molecular weight excluding hydrogens is 432 g/mol. The van der Waals surface area contributed by atoms with Crippen molar-refractivity contribution in [2.24, 2.45) is 4.99 Å². The molecule has 0 saturated carbocycles. The van der Waals surface area contributed by atoms with Crippen LogP contribution in [0, 0.1) is 0 Å². The number of methoxy groups -OCH3 is 2. The summed E-state index contributed by atoms with van der Waals surface area (Å²) in [6.45, 7) is 2.05. The number of ether oxygens (including phenoxy) is 3. The number of amides is 1. The molecule has 0 spiro atoms. The Hall–Kier alpha value is -4.39. The largest absolute Gasteiger partial charge is 0.493 e. The van der Waals surface area contributed by atoms with Crippen LogP contribution in [-0.2, 0) is 9.53 Å². The summed E-state index contributed by atoms with van der Waals surface area (Å²) in [6, 6.07) is 21.6. The van der Waals surface area contributed by atoms with Gasteiger partial charge in [-0.3, -0.25) is 9.69 Å². The van der Waals surface area contributed by atoms with E-state index in [4.69, 9.17) is 14.2 Å². The topological polar surface area (TPSA) is 77.4 Å². The molecule has 1 amide bonds. The molecule has 4 rings (SSSR count). The van der Waals surface area contributed by atoms with Crippen LogP contribution in [0.1, 0.15) is 28.4 Å². The molecule has 1 heterocycles. The van der Waals surface area contributed by atoms with Crippen LogP contribution in [0.15, 0.2) is 83.5 Å². The van der Waals surface area contributed by atoms with Crippen molar-refractivity contribution < 1.29 is 23.8 Å². The highest BCUT2D eigenvalue weighted by Gasteiger charge is 2.32. The van der Waals surface area contributed by atoms with Gasteiger partial charge in [-0.1, -0.05) is 36.4 Å². The molecule has 3 aromatic rings. The number of hydrogen-bond donors (Lipinski definition) is 0. The van der Waals surface area contributed by atoms with Gasteiger partial charge in [-0.25, -0.2) is 9.79 Å². The quantitative estimate of drug-likeness (QED) is 0.380. The molecule has 3 aromatic carbocycles. The Bertz CT molecular complexity index is 1260.